The number of aromatic nitrogens is 2. The third kappa shape index (κ3) is 6.36. The maximum atomic E-state index is 5.07. The van der Waals surface area contributed by atoms with Crippen molar-refractivity contribution in [2.75, 3.05) is 0 Å². The van der Waals surface area contributed by atoms with E-state index >= 15 is 0 Å². The molecule has 0 saturated carbocycles. The highest BCUT2D eigenvalue weighted by Crippen LogP contribution is 2.47. The Balaban J connectivity index is 0.000000343. The van der Waals surface area contributed by atoms with Crippen molar-refractivity contribution in [3.05, 3.63) is 69.8 Å². The van der Waals surface area contributed by atoms with E-state index in [9.17, 15) is 0 Å². The molecule has 1 aliphatic carbocycles. The van der Waals surface area contributed by atoms with Crippen LogP contribution in [0.15, 0.2) is 48.1 Å². The van der Waals surface area contributed by atoms with Gasteiger partial charge in [-0.05, 0) is 77.8 Å². The Morgan fingerprint density at radius 3 is 2.03 bits per heavy atom. The van der Waals surface area contributed by atoms with Crippen molar-refractivity contribution in [3.8, 4) is 11.3 Å². The van der Waals surface area contributed by atoms with E-state index in [-0.39, 0.29) is 10.8 Å². The van der Waals surface area contributed by atoms with E-state index in [1.54, 1.807) is 0 Å². The normalized spacial score (nSPS) is 16.0. The van der Waals surface area contributed by atoms with Crippen molar-refractivity contribution in [1.82, 2.24) is 9.97 Å². The Labute approximate surface area is 212 Å². The van der Waals surface area contributed by atoms with Gasteiger partial charge in [-0.1, -0.05) is 73.4 Å². The number of fused-ring (bicyclic) bond motifs is 1. The van der Waals surface area contributed by atoms with E-state index in [1.807, 2.05) is 35.9 Å². The molecule has 0 unspecified atom stereocenters. The minimum absolute atomic E-state index is 0.257. The monoisotopic (exact) mass is 476 g/mol. The van der Waals surface area contributed by atoms with Crippen molar-refractivity contribution < 1.29 is 0 Å². The third-order valence-electron chi connectivity index (χ3n) is 7.45. The molecule has 0 saturated heterocycles. The fourth-order valence-corrected chi connectivity index (χ4v) is 6.06. The van der Waals surface area contributed by atoms with Crippen LogP contribution >= 0.6 is 11.3 Å². The molecule has 2 nitrogen and oxygen atoms in total. The Kier molecular flexibility index (Phi) is 9.09. The highest BCUT2D eigenvalue weighted by Gasteiger charge is 2.37. The van der Waals surface area contributed by atoms with Crippen LogP contribution in [0.2, 0.25) is 0 Å². The van der Waals surface area contributed by atoms with Crippen LogP contribution in [0.3, 0.4) is 0 Å². The summed E-state index contributed by atoms with van der Waals surface area (Å²) in [5.41, 5.74) is 7.41. The molecule has 2 aromatic heterocycles. The fourth-order valence-electron chi connectivity index (χ4n) is 5.06. The first-order chi connectivity index (χ1) is 16.2. The van der Waals surface area contributed by atoms with Gasteiger partial charge in [0.25, 0.3) is 0 Å². The second-order valence-electron chi connectivity index (χ2n) is 11.1. The molecule has 0 aliphatic heterocycles. The van der Waals surface area contributed by atoms with Crippen LogP contribution in [0.5, 0.6) is 0 Å². The number of nitrogens with zero attached hydrogens (tertiary/aromatic N) is 2. The van der Waals surface area contributed by atoms with Crippen molar-refractivity contribution in [2.24, 2.45) is 0 Å². The van der Waals surface area contributed by atoms with E-state index in [0.717, 1.165) is 6.42 Å². The predicted molar refractivity (Wildman–Crippen MR) is 149 cm³/mol. The SMILES string of the molecule is CCCC(CCC)c1nc(-c2ccc3c(c2)C(C)(C)CCC3(C)C)cs1.CCc1ccncc1. The lowest BCUT2D eigenvalue weighted by Gasteiger charge is -2.42. The Hall–Kier alpha value is -2.00. The highest BCUT2D eigenvalue weighted by atomic mass is 32.1. The number of rotatable bonds is 7. The number of aryl methyl sites for hydroxylation is 1. The molecule has 4 rings (SSSR count). The van der Waals surface area contributed by atoms with Crippen LogP contribution in [0.1, 0.15) is 115 Å². The molecule has 1 aliphatic rings. The first kappa shape index (κ1) is 26.6. The first-order valence-electron chi connectivity index (χ1n) is 13.2. The third-order valence-corrected chi connectivity index (χ3v) is 8.46. The zero-order valence-corrected chi connectivity index (χ0v) is 23.3. The van der Waals surface area contributed by atoms with Gasteiger partial charge in [-0.25, -0.2) is 4.98 Å². The summed E-state index contributed by atoms with van der Waals surface area (Å²) < 4.78 is 0. The average Bonchev–Trinajstić information content (AvgIpc) is 3.33. The summed E-state index contributed by atoms with van der Waals surface area (Å²) in [7, 11) is 0. The Morgan fingerprint density at radius 1 is 0.853 bits per heavy atom. The maximum absolute atomic E-state index is 5.07. The van der Waals surface area contributed by atoms with Crippen LogP contribution in [-0.4, -0.2) is 9.97 Å². The van der Waals surface area contributed by atoms with E-state index in [0.29, 0.717) is 5.92 Å². The van der Waals surface area contributed by atoms with Crippen LogP contribution in [-0.2, 0) is 17.3 Å². The minimum atomic E-state index is 0.257. The largest absolute Gasteiger partial charge is 0.265 e. The summed E-state index contributed by atoms with van der Waals surface area (Å²) in [4.78, 5) is 8.96. The summed E-state index contributed by atoms with van der Waals surface area (Å²) in [6.07, 6.45) is 12.2. The molecule has 0 bridgehead atoms. The summed E-state index contributed by atoms with van der Waals surface area (Å²) in [6.45, 7) is 16.3. The summed E-state index contributed by atoms with van der Waals surface area (Å²) in [5.74, 6) is 0.636. The Morgan fingerprint density at radius 2 is 1.47 bits per heavy atom. The summed E-state index contributed by atoms with van der Waals surface area (Å²) in [6, 6.07) is 11.2. The van der Waals surface area contributed by atoms with E-state index < -0.39 is 0 Å². The minimum Gasteiger partial charge on any atom is -0.265 e. The molecule has 34 heavy (non-hydrogen) atoms. The second kappa shape index (κ2) is 11.6. The quantitative estimate of drug-likeness (QED) is 0.339. The number of hydrogen-bond donors (Lipinski definition) is 0. The number of pyridine rings is 1. The van der Waals surface area contributed by atoms with Crippen LogP contribution in [0, 0.1) is 0 Å². The van der Waals surface area contributed by atoms with Gasteiger partial charge in [0.05, 0.1) is 10.7 Å². The molecular weight excluding hydrogens is 432 g/mol. The zero-order chi connectivity index (χ0) is 24.8. The van der Waals surface area contributed by atoms with E-state index in [2.05, 4.69) is 77.0 Å². The highest BCUT2D eigenvalue weighted by molar-refractivity contribution is 7.10. The van der Waals surface area contributed by atoms with Crippen molar-refractivity contribution >= 4 is 11.3 Å². The zero-order valence-electron chi connectivity index (χ0n) is 22.4. The molecule has 0 atom stereocenters. The van der Waals surface area contributed by atoms with Gasteiger partial charge in [0.2, 0.25) is 0 Å². The van der Waals surface area contributed by atoms with Crippen molar-refractivity contribution in [3.63, 3.8) is 0 Å². The first-order valence-corrected chi connectivity index (χ1v) is 14.1. The molecule has 1 aromatic carbocycles. The van der Waals surface area contributed by atoms with Gasteiger partial charge in [0.1, 0.15) is 0 Å². The van der Waals surface area contributed by atoms with Crippen LogP contribution < -0.4 is 0 Å². The number of benzene rings is 1. The smallest absolute Gasteiger partial charge is 0.0963 e. The molecule has 0 N–H and O–H groups in total. The van der Waals surface area contributed by atoms with Gasteiger partial charge in [0.15, 0.2) is 0 Å². The second-order valence-corrected chi connectivity index (χ2v) is 12.0. The van der Waals surface area contributed by atoms with Gasteiger partial charge in [-0.15, -0.1) is 11.3 Å². The number of hydrogen-bond acceptors (Lipinski definition) is 3. The molecule has 184 valence electrons. The average molecular weight is 477 g/mol. The van der Waals surface area contributed by atoms with Gasteiger partial charge >= 0.3 is 0 Å². The molecule has 2 heterocycles. The predicted octanol–water partition coefficient (Wildman–Crippen LogP) is 9.49. The summed E-state index contributed by atoms with van der Waals surface area (Å²) >= 11 is 1.86. The standard InChI is InChI=1S/C24H35NS.C7H9N/c1-7-9-17(10-8-2)22-25-21(16-26-22)18-11-12-19-20(15-18)24(5,6)14-13-23(19,3)4;1-2-7-3-5-8-6-4-7/h11-12,15-17H,7-10,13-14H2,1-6H3;3-6H,2H2,1H3. The summed E-state index contributed by atoms with van der Waals surface area (Å²) in [5, 5.41) is 3.61. The molecule has 3 heteroatoms. The van der Waals surface area contributed by atoms with Gasteiger partial charge in [-0.2, -0.15) is 0 Å². The Bertz CT molecular complexity index is 1030. The lowest BCUT2D eigenvalue weighted by Crippen LogP contribution is -2.33. The molecule has 0 spiro atoms. The lowest BCUT2D eigenvalue weighted by atomic mass is 9.63. The molecule has 0 amide bonds. The topological polar surface area (TPSA) is 25.8 Å². The fraction of sp³-hybridized carbons (Fsp3) is 0.548. The van der Waals surface area contributed by atoms with Gasteiger partial charge in [-0.3, -0.25) is 4.98 Å². The van der Waals surface area contributed by atoms with Crippen molar-refractivity contribution in [2.45, 2.75) is 110 Å². The lowest BCUT2D eigenvalue weighted by molar-refractivity contribution is 0.332. The molecule has 3 aromatic rings. The molecular formula is C31H44N2S. The maximum Gasteiger partial charge on any atom is 0.0963 e. The van der Waals surface area contributed by atoms with Gasteiger partial charge < -0.3 is 0 Å². The molecule has 0 fully saturated rings. The molecule has 0 radical (unpaired) electrons. The van der Waals surface area contributed by atoms with Crippen molar-refractivity contribution in [1.29, 1.82) is 0 Å². The van der Waals surface area contributed by atoms with E-state index in [1.165, 1.54) is 71.5 Å². The number of thiazole rings is 1. The van der Waals surface area contributed by atoms with Crippen LogP contribution in [0.25, 0.3) is 11.3 Å². The van der Waals surface area contributed by atoms with Crippen LogP contribution in [0.4, 0.5) is 0 Å². The van der Waals surface area contributed by atoms with Gasteiger partial charge in [0, 0.05) is 29.3 Å². The van der Waals surface area contributed by atoms with E-state index in [4.69, 9.17) is 4.98 Å².